The number of halogens is 3. The van der Waals surface area contributed by atoms with Crippen molar-refractivity contribution in [3.63, 3.8) is 0 Å². The molecular formula is C20H25F3O4. The molecular weight excluding hydrogens is 361 g/mol. The molecule has 1 N–H and O–H groups in total. The zero-order valence-electron chi connectivity index (χ0n) is 15.3. The van der Waals surface area contributed by atoms with Gasteiger partial charge in [0.1, 0.15) is 5.75 Å². The van der Waals surface area contributed by atoms with Gasteiger partial charge in [-0.25, -0.2) is 4.79 Å². The van der Waals surface area contributed by atoms with Crippen LogP contribution in [0.2, 0.25) is 0 Å². The molecule has 27 heavy (non-hydrogen) atoms. The number of phenols is 1. The van der Waals surface area contributed by atoms with E-state index in [9.17, 15) is 23.1 Å². The number of unbranched alkanes of at least 4 members (excludes halogenated alkanes) is 2. The largest absolute Gasteiger partial charge is 0.508 e. The van der Waals surface area contributed by atoms with Gasteiger partial charge in [-0.2, -0.15) is 13.2 Å². The number of rotatable bonds is 9. The number of carbonyl (C=O) groups excluding carboxylic acids is 1. The van der Waals surface area contributed by atoms with Gasteiger partial charge in [-0.3, -0.25) is 0 Å². The summed E-state index contributed by atoms with van der Waals surface area (Å²) in [5.74, 6) is -0.806. The van der Waals surface area contributed by atoms with Crippen LogP contribution in [0.25, 0.3) is 6.08 Å². The van der Waals surface area contributed by atoms with Gasteiger partial charge < -0.3 is 14.6 Å². The van der Waals surface area contributed by atoms with Crippen LogP contribution < -0.4 is 0 Å². The number of phenolic OH excluding ortho intramolecular Hbond substituents is 1. The molecule has 150 valence electrons. The van der Waals surface area contributed by atoms with E-state index < -0.39 is 18.2 Å². The van der Waals surface area contributed by atoms with Crippen molar-refractivity contribution < 1.29 is 32.5 Å². The monoisotopic (exact) mass is 386 g/mol. The van der Waals surface area contributed by atoms with E-state index >= 15 is 0 Å². The minimum atomic E-state index is -4.59. The van der Waals surface area contributed by atoms with E-state index in [1.807, 2.05) is 6.92 Å². The van der Waals surface area contributed by atoms with Gasteiger partial charge in [0.25, 0.3) is 0 Å². The van der Waals surface area contributed by atoms with Gasteiger partial charge in [-0.1, -0.05) is 12.5 Å². The van der Waals surface area contributed by atoms with E-state index in [-0.39, 0.29) is 24.2 Å². The van der Waals surface area contributed by atoms with Crippen molar-refractivity contribution in [3.05, 3.63) is 34.9 Å². The molecule has 0 aromatic heterocycles. The van der Waals surface area contributed by atoms with Crippen LogP contribution in [0.3, 0.4) is 0 Å². The third kappa shape index (κ3) is 6.57. The average Bonchev–Trinajstić information content (AvgIpc) is 2.62. The van der Waals surface area contributed by atoms with Crippen molar-refractivity contribution in [1.29, 1.82) is 0 Å². The first-order chi connectivity index (χ1) is 12.8. The fraction of sp³-hybridized carbons (Fsp3) is 0.550. The molecule has 1 aromatic carbocycles. The Morgan fingerprint density at radius 1 is 1.22 bits per heavy atom. The van der Waals surface area contributed by atoms with Crippen molar-refractivity contribution in [3.8, 4) is 5.75 Å². The Balaban J connectivity index is 1.94. The van der Waals surface area contributed by atoms with Crippen molar-refractivity contribution >= 4 is 12.0 Å². The Kier molecular flexibility index (Phi) is 7.71. The first-order valence-corrected chi connectivity index (χ1v) is 9.19. The molecule has 7 heteroatoms. The third-order valence-corrected chi connectivity index (χ3v) is 4.46. The predicted molar refractivity (Wildman–Crippen MR) is 95.3 cm³/mol. The summed E-state index contributed by atoms with van der Waals surface area (Å²) in [6.07, 6.45) is -3.06. The summed E-state index contributed by atoms with van der Waals surface area (Å²) in [5.41, 5.74) is 1.79. The summed E-state index contributed by atoms with van der Waals surface area (Å²) in [6.45, 7) is 2.97. The number of alkyl halides is 3. The maximum absolute atomic E-state index is 13.2. The van der Waals surface area contributed by atoms with Gasteiger partial charge in [0.15, 0.2) is 6.10 Å². The van der Waals surface area contributed by atoms with Crippen LogP contribution in [0.15, 0.2) is 23.8 Å². The summed E-state index contributed by atoms with van der Waals surface area (Å²) in [5, 5.41) is 9.48. The second-order valence-electron chi connectivity index (χ2n) is 6.53. The Morgan fingerprint density at radius 2 is 2.00 bits per heavy atom. The Hall–Kier alpha value is -2.02. The number of carbonyl (C=O) groups is 1. The summed E-state index contributed by atoms with van der Waals surface area (Å²) in [6, 6.07) is 4.70. The van der Waals surface area contributed by atoms with Crippen molar-refractivity contribution in [1.82, 2.24) is 0 Å². The molecule has 2 rings (SSSR count). The summed E-state index contributed by atoms with van der Waals surface area (Å²) in [4.78, 5) is 12.2. The van der Waals surface area contributed by atoms with E-state index in [4.69, 9.17) is 9.47 Å². The van der Waals surface area contributed by atoms with Crippen LogP contribution in [-0.2, 0) is 20.7 Å². The van der Waals surface area contributed by atoms with Crippen LogP contribution in [0.5, 0.6) is 5.75 Å². The molecule has 1 aliphatic rings. The van der Waals surface area contributed by atoms with Crippen LogP contribution in [0.4, 0.5) is 13.2 Å². The topological polar surface area (TPSA) is 55.8 Å². The molecule has 0 heterocycles. The van der Waals surface area contributed by atoms with Crippen LogP contribution >= 0.6 is 0 Å². The van der Waals surface area contributed by atoms with Crippen molar-refractivity contribution in [2.75, 3.05) is 13.2 Å². The molecule has 0 spiro atoms. The molecule has 1 atom stereocenters. The molecule has 0 saturated heterocycles. The zero-order chi connectivity index (χ0) is 19.9. The molecule has 1 aliphatic carbocycles. The molecule has 0 amide bonds. The molecule has 0 fully saturated rings. The van der Waals surface area contributed by atoms with Crippen LogP contribution in [0.1, 0.15) is 50.2 Å². The molecule has 0 radical (unpaired) electrons. The number of ether oxygens (including phenoxy) is 2. The number of fused-ring (bicyclic) bond motifs is 1. The van der Waals surface area contributed by atoms with Gasteiger partial charge in [-0.05, 0) is 68.4 Å². The van der Waals surface area contributed by atoms with E-state index in [1.54, 1.807) is 12.1 Å². The maximum atomic E-state index is 13.2. The van der Waals surface area contributed by atoms with Gasteiger partial charge in [0.2, 0.25) is 0 Å². The highest BCUT2D eigenvalue weighted by atomic mass is 19.4. The number of hydrogen-bond donors (Lipinski definition) is 1. The lowest BCUT2D eigenvalue weighted by molar-refractivity contribution is -0.220. The van der Waals surface area contributed by atoms with E-state index in [2.05, 4.69) is 0 Å². The molecule has 4 nitrogen and oxygen atoms in total. The fourth-order valence-electron chi connectivity index (χ4n) is 2.99. The van der Waals surface area contributed by atoms with Crippen molar-refractivity contribution in [2.45, 2.75) is 57.7 Å². The second kappa shape index (κ2) is 9.78. The molecule has 1 aromatic rings. The quantitative estimate of drug-likeness (QED) is 0.490. The Labute approximate surface area is 157 Å². The fourth-order valence-corrected chi connectivity index (χ4v) is 2.99. The number of hydrogen-bond acceptors (Lipinski definition) is 4. The zero-order valence-corrected chi connectivity index (χ0v) is 15.3. The highest BCUT2D eigenvalue weighted by Crippen LogP contribution is 2.31. The highest BCUT2D eigenvalue weighted by Gasteiger charge is 2.42. The highest BCUT2D eigenvalue weighted by molar-refractivity contribution is 5.94. The predicted octanol–water partition coefficient (Wildman–Crippen LogP) is 4.79. The second-order valence-corrected chi connectivity index (χ2v) is 6.53. The standard InChI is InChI=1S/C20H25F3O4/c1-2-26-11-5-3-4-6-18(20(21,22)23)27-19(25)16-8-7-15-13-17(24)10-9-14(15)12-16/h9-10,12-13,18,24H,2-8,11H2,1H3/t18-/m1/s1. The van der Waals surface area contributed by atoms with Crippen LogP contribution in [-0.4, -0.2) is 36.6 Å². The third-order valence-electron chi connectivity index (χ3n) is 4.46. The van der Waals surface area contributed by atoms with E-state index in [0.29, 0.717) is 44.5 Å². The minimum absolute atomic E-state index is 0.120. The number of benzene rings is 1. The first-order valence-electron chi connectivity index (χ1n) is 9.19. The summed E-state index contributed by atoms with van der Waals surface area (Å²) < 4.78 is 49.6. The lowest BCUT2D eigenvalue weighted by Crippen LogP contribution is -2.34. The van der Waals surface area contributed by atoms with Crippen LogP contribution in [0, 0.1) is 0 Å². The van der Waals surface area contributed by atoms with E-state index in [0.717, 1.165) is 5.56 Å². The molecule has 0 unspecified atom stereocenters. The lowest BCUT2D eigenvalue weighted by atomic mass is 9.92. The minimum Gasteiger partial charge on any atom is -0.508 e. The normalized spacial score (nSPS) is 15.0. The molecule has 0 saturated carbocycles. The summed E-state index contributed by atoms with van der Waals surface area (Å²) in [7, 11) is 0. The lowest BCUT2D eigenvalue weighted by Gasteiger charge is -2.22. The van der Waals surface area contributed by atoms with E-state index in [1.165, 1.54) is 12.1 Å². The first kappa shape index (κ1) is 21.3. The van der Waals surface area contributed by atoms with Crippen molar-refractivity contribution in [2.24, 2.45) is 0 Å². The summed E-state index contributed by atoms with van der Waals surface area (Å²) >= 11 is 0. The van der Waals surface area contributed by atoms with Gasteiger partial charge in [0, 0.05) is 18.8 Å². The Morgan fingerprint density at radius 3 is 2.70 bits per heavy atom. The maximum Gasteiger partial charge on any atom is 0.425 e. The molecule has 0 aliphatic heterocycles. The smallest absolute Gasteiger partial charge is 0.425 e. The SMILES string of the molecule is CCOCCCCC[C@@H](OC(=O)C1=Cc2ccc(O)cc2CC1)C(F)(F)F. The number of aryl methyl sites for hydroxylation is 1. The van der Waals surface area contributed by atoms with Gasteiger partial charge in [-0.15, -0.1) is 0 Å². The number of aromatic hydroxyl groups is 1. The van der Waals surface area contributed by atoms with Gasteiger partial charge in [0.05, 0.1) is 0 Å². The molecule has 0 bridgehead atoms. The Bertz CT molecular complexity index is 668. The number of esters is 1. The average molecular weight is 386 g/mol. The van der Waals surface area contributed by atoms with Gasteiger partial charge >= 0.3 is 12.1 Å².